The van der Waals surface area contributed by atoms with Crippen LogP contribution in [0.3, 0.4) is 0 Å². The quantitative estimate of drug-likeness (QED) is 0.579. The molecule has 106 valence electrons. The molecule has 0 bridgehead atoms. The van der Waals surface area contributed by atoms with E-state index in [0.29, 0.717) is 0 Å². The van der Waals surface area contributed by atoms with E-state index in [1.165, 1.54) is 0 Å². The number of nitro groups is 1. The van der Waals surface area contributed by atoms with Crippen molar-refractivity contribution < 1.29 is 4.92 Å². The minimum atomic E-state index is -0.338. The number of benzene rings is 1. The maximum atomic E-state index is 10.9. The highest BCUT2D eigenvalue weighted by molar-refractivity contribution is 5.56. The monoisotopic (exact) mass is 265 g/mol. The molecule has 0 aromatic heterocycles. The lowest BCUT2D eigenvalue weighted by atomic mass is 10.1. The summed E-state index contributed by atoms with van der Waals surface area (Å²) in [7, 11) is 0. The van der Waals surface area contributed by atoms with Gasteiger partial charge in [0, 0.05) is 30.9 Å². The molecule has 19 heavy (non-hydrogen) atoms. The lowest BCUT2D eigenvalue weighted by Gasteiger charge is -2.20. The lowest BCUT2D eigenvalue weighted by molar-refractivity contribution is -0.384. The molecule has 5 heteroatoms. The first-order valence-corrected chi connectivity index (χ1v) is 6.85. The van der Waals surface area contributed by atoms with Crippen LogP contribution in [0.4, 0.5) is 11.4 Å². The highest BCUT2D eigenvalue weighted by Crippen LogP contribution is 2.23. The third-order valence-electron chi connectivity index (χ3n) is 3.15. The largest absolute Gasteiger partial charge is 0.385 e. The maximum absolute atomic E-state index is 10.9. The van der Waals surface area contributed by atoms with Crippen molar-refractivity contribution in [3.05, 3.63) is 33.9 Å². The zero-order chi connectivity index (χ0) is 14.3. The highest BCUT2D eigenvalue weighted by atomic mass is 16.6. The van der Waals surface area contributed by atoms with Crippen molar-refractivity contribution in [1.82, 2.24) is 4.90 Å². The Balaban J connectivity index is 2.99. The minimum Gasteiger partial charge on any atom is -0.385 e. The van der Waals surface area contributed by atoms with E-state index in [9.17, 15) is 10.1 Å². The van der Waals surface area contributed by atoms with Gasteiger partial charge in [0.25, 0.3) is 5.69 Å². The molecular formula is C14H23N3O2. The van der Waals surface area contributed by atoms with Gasteiger partial charge in [-0.1, -0.05) is 20.8 Å². The fourth-order valence-corrected chi connectivity index (χ4v) is 1.94. The molecular weight excluding hydrogens is 242 g/mol. The smallest absolute Gasteiger partial charge is 0.269 e. The number of nitrogens with zero attached hydrogens (tertiary/aromatic N) is 2. The van der Waals surface area contributed by atoms with Crippen LogP contribution in [-0.4, -0.2) is 29.5 Å². The van der Waals surface area contributed by atoms with Crippen molar-refractivity contribution >= 4 is 11.4 Å². The van der Waals surface area contributed by atoms with Gasteiger partial charge >= 0.3 is 0 Å². The zero-order valence-corrected chi connectivity index (χ0v) is 12.0. The summed E-state index contributed by atoms with van der Waals surface area (Å²) in [5.74, 6) is 0. The first kappa shape index (κ1) is 15.4. The van der Waals surface area contributed by atoms with E-state index >= 15 is 0 Å². The second kappa shape index (κ2) is 7.74. The molecule has 0 unspecified atom stereocenters. The number of non-ortho nitro benzene ring substituents is 1. The van der Waals surface area contributed by atoms with Crippen LogP contribution in [0.5, 0.6) is 0 Å². The molecule has 0 atom stereocenters. The molecule has 0 saturated carbocycles. The third kappa shape index (κ3) is 4.52. The van der Waals surface area contributed by atoms with E-state index in [1.807, 2.05) is 6.07 Å². The number of anilines is 1. The first-order valence-electron chi connectivity index (χ1n) is 6.85. The molecule has 0 fully saturated rings. The minimum absolute atomic E-state index is 0.157. The van der Waals surface area contributed by atoms with Crippen molar-refractivity contribution in [3.8, 4) is 0 Å². The molecule has 5 nitrogen and oxygen atoms in total. The van der Waals surface area contributed by atoms with Gasteiger partial charge in [0.2, 0.25) is 0 Å². The summed E-state index contributed by atoms with van der Waals surface area (Å²) in [5, 5.41) is 14.2. The molecule has 0 aliphatic rings. The molecule has 1 rings (SSSR count). The molecule has 0 heterocycles. The van der Waals surface area contributed by atoms with Crippen LogP contribution < -0.4 is 5.32 Å². The van der Waals surface area contributed by atoms with Crippen LogP contribution >= 0.6 is 0 Å². The van der Waals surface area contributed by atoms with Gasteiger partial charge < -0.3 is 5.32 Å². The second-order valence-electron chi connectivity index (χ2n) is 4.49. The Labute approximate surface area is 114 Å². The van der Waals surface area contributed by atoms with Crippen LogP contribution in [0.15, 0.2) is 18.2 Å². The van der Waals surface area contributed by atoms with E-state index in [2.05, 4.69) is 31.0 Å². The molecule has 0 aliphatic heterocycles. The predicted octanol–water partition coefficient (Wildman–Crippen LogP) is 3.26. The van der Waals surface area contributed by atoms with Gasteiger partial charge in [-0.2, -0.15) is 0 Å². The van der Waals surface area contributed by atoms with Crippen LogP contribution in [-0.2, 0) is 6.54 Å². The van der Waals surface area contributed by atoms with E-state index < -0.39 is 0 Å². The summed E-state index contributed by atoms with van der Waals surface area (Å²) in [6.45, 7) is 9.78. The van der Waals surface area contributed by atoms with E-state index in [4.69, 9.17) is 0 Å². The molecule has 1 aromatic carbocycles. The Hall–Kier alpha value is -1.62. The standard InChI is InChI=1S/C14H23N3O2/c1-4-9-15-14-8-7-13(17(18)19)10-12(14)11-16(5-2)6-3/h7-8,10,15H,4-6,9,11H2,1-3H3. The van der Waals surface area contributed by atoms with E-state index in [1.54, 1.807) is 12.1 Å². The second-order valence-corrected chi connectivity index (χ2v) is 4.49. The fourth-order valence-electron chi connectivity index (χ4n) is 1.94. The molecule has 0 saturated heterocycles. The summed E-state index contributed by atoms with van der Waals surface area (Å²) in [6.07, 6.45) is 1.03. The third-order valence-corrected chi connectivity index (χ3v) is 3.15. The summed E-state index contributed by atoms with van der Waals surface area (Å²) in [5.41, 5.74) is 2.15. The normalized spacial score (nSPS) is 10.7. The van der Waals surface area contributed by atoms with Gasteiger partial charge in [-0.3, -0.25) is 15.0 Å². The molecule has 0 radical (unpaired) electrons. The predicted molar refractivity (Wildman–Crippen MR) is 78.5 cm³/mol. The number of nitrogens with one attached hydrogen (secondary N) is 1. The molecule has 1 aromatic rings. The number of hydrogen-bond acceptors (Lipinski definition) is 4. The topological polar surface area (TPSA) is 58.4 Å². The van der Waals surface area contributed by atoms with Crippen LogP contribution in [0.2, 0.25) is 0 Å². The Bertz CT molecular complexity index is 417. The summed E-state index contributed by atoms with van der Waals surface area (Å²) in [4.78, 5) is 12.8. The van der Waals surface area contributed by atoms with Crippen LogP contribution in [0, 0.1) is 10.1 Å². The number of nitro benzene ring substituents is 1. The van der Waals surface area contributed by atoms with Gasteiger partial charge in [0.15, 0.2) is 0 Å². The Morgan fingerprint density at radius 2 is 1.95 bits per heavy atom. The molecule has 0 spiro atoms. The van der Waals surface area contributed by atoms with Crippen molar-refractivity contribution in [2.24, 2.45) is 0 Å². The Morgan fingerprint density at radius 3 is 2.47 bits per heavy atom. The fraction of sp³-hybridized carbons (Fsp3) is 0.571. The van der Waals surface area contributed by atoms with Gasteiger partial charge in [0.05, 0.1) is 4.92 Å². The van der Waals surface area contributed by atoms with Crippen LogP contribution in [0.25, 0.3) is 0 Å². The summed E-state index contributed by atoms with van der Waals surface area (Å²) in [6, 6.07) is 5.05. The maximum Gasteiger partial charge on any atom is 0.269 e. The van der Waals surface area contributed by atoms with Crippen LogP contribution in [0.1, 0.15) is 32.8 Å². The Morgan fingerprint density at radius 1 is 1.26 bits per heavy atom. The summed E-state index contributed by atoms with van der Waals surface area (Å²) >= 11 is 0. The van der Waals surface area contributed by atoms with E-state index in [-0.39, 0.29) is 10.6 Å². The van der Waals surface area contributed by atoms with Gasteiger partial charge in [-0.25, -0.2) is 0 Å². The van der Waals surface area contributed by atoms with Gasteiger partial charge in [-0.05, 0) is 31.1 Å². The lowest BCUT2D eigenvalue weighted by Crippen LogP contribution is -2.23. The average molecular weight is 265 g/mol. The molecule has 0 aliphatic carbocycles. The highest BCUT2D eigenvalue weighted by Gasteiger charge is 2.12. The summed E-state index contributed by atoms with van der Waals surface area (Å²) < 4.78 is 0. The molecule has 0 amide bonds. The average Bonchev–Trinajstić information content (AvgIpc) is 2.42. The molecule has 1 N–H and O–H groups in total. The first-order chi connectivity index (χ1) is 9.12. The number of rotatable bonds is 8. The van der Waals surface area contributed by atoms with Crippen molar-refractivity contribution in [2.45, 2.75) is 33.7 Å². The van der Waals surface area contributed by atoms with Gasteiger partial charge in [-0.15, -0.1) is 0 Å². The van der Waals surface area contributed by atoms with Crippen molar-refractivity contribution in [2.75, 3.05) is 25.0 Å². The van der Waals surface area contributed by atoms with E-state index in [0.717, 1.165) is 43.9 Å². The van der Waals surface area contributed by atoms with Crippen molar-refractivity contribution in [1.29, 1.82) is 0 Å². The SMILES string of the molecule is CCCNc1ccc([N+](=O)[O-])cc1CN(CC)CC. The zero-order valence-electron chi connectivity index (χ0n) is 12.0. The number of hydrogen-bond donors (Lipinski definition) is 1. The van der Waals surface area contributed by atoms with Gasteiger partial charge in [0.1, 0.15) is 0 Å². The Kier molecular flexibility index (Phi) is 6.29. The van der Waals surface area contributed by atoms with Crippen molar-refractivity contribution in [3.63, 3.8) is 0 Å².